The molecule has 0 saturated carbocycles. The maximum Gasteiger partial charge on any atom is 0.262 e. The number of para-hydroxylation sites is 1. The number of carbonyl (C=O) groups is 4. The topological polar surface area (TPSA) is 166 Å². The van der Waals surface area contributed by atoms with Crippen LogP contribution in [0.3, 0.4) is 0 Å². The zero-order valence-corrected chi connectivity index (χ0v) is 30.5. The molecule has 2 saturated heterocycles. The molecule has 3 aliphatic rings. The van der Waals surface area contributed by atoms with Gasteiger partial charge in [0.2, 0.25) is 17.8 Å². The van der Waals surface area contributed by atoms with Crippen LogP contribution < -0.4 is 26.2 Å². The molecule has 14 nitrogen and oxygen atoms in total. The Morgan fingerprint density at radius 2 is 1.63 bits per heavy atom. The summed E-state index contributed by atoms with van der Waals surface area (Å²) in [5, 5.41) is 18.2. The first-order chi connectivity index (χ1) is 26.1. The number of rotatable bonds is 10. The smallest absolute Gasteiger partial charge is 0.262 e. The first kappa shape index (κ1) is 34.9. The van der Waals surface area contributed by atoms with Gasteiger partial charge < -0.3 is 20.9 Å². The number of piperidine rings is 2. The van der Waals surface area contributed by atoms with Gasteiger partial charge in [-0.1, -0.05) is 30.3 Å². The van der Waals surface area contributed by atoms with Gasteiger partial charge in [0.25, 0.3) is 11.8 Å². The van der Waals surface area contributed by atoms with Crippen molar-refractivity contribution in [2.24, 2.45) is 13.0 Å². The highest BCUT2D eigenvalue weighted by Gasteiger charge is 2.44. The molecule has 1 atom stereocenters. The van der Waals surface area contributed by atoms with Crippen molar-refractivity contribution < 1.29 is 19.2 Å². The number of amides is 4. The minimum absolute atomic E-state index is 0.0945. The number of nitrogens with one attached hydrogen (secondary N) is 4. The van der Waals surface area contributed by atoms with Gasteiger partial charge in [0.05, 0.1) is 16.5 Å². The summed E-state index contributed by atoms with van der Waals surface area (Å²) in [5.74, 6) is -0.263. The summed E-state index contributed by atoms with van der Waals surface area (Å²) in [7, 11) is 1.88. The van der Waals surface area contributed by atoms with Crippen LogP contribution in [-0.4, -0.2) is 74.0 Å². The van der Waals surface area contributed by atoms with Crippen molar-refractivity contribution >= 4 is 63.5 Å². The fourth-order valence-corrected chi connectivity index (χ4v) is 7.68. The fourth-order valence-electron chi connectivity index (χ4n) is 7.68. The van der Waals surface area contributed by atoms with Crippen LogP contribution in [0.4, 0.5) is 28.8 Å². The largest absolute Gasteiger partial charge is 0.371 e. The van der Waals surface area contributed by atoms with Crippen LogP contribution in [0.15, 0.2) is 66.9 Å². The van der Waals surface area contributed by atoms with Crippen LogP contribution in [0.1, 0.15) is 63.1 Å². The van der Waals surface area contributed by atoms with Crippen LogP contribution in [0.5, 0.6) is 0 Å². The quantitative estimate of drug-likeness (QED) is 0.145. The molecule has 5 heterocycles. The summed E-state index contributed by atoms with van der Waals surface area (Å²) < 4.78 is 1.76. The Balaban J connectivity index is 0.835. The molecular formula is C40H42N10O4. The second-order valence-electron chi connectivity index (χ2n) is 14.4. The first-order valence-electron chi connectivity index (χ1n) is 18.3. The van der Waals surface area contributed by atoms with E-state index in [0.29, 0.717) is 28.8 Å². The van der Waals surface area contributed by atoms with Crippen LogP contribution in [0.25, 0.3) is 11.0 Å². The lowest BCUT2D eigenvalue weighted by Gasteiger charge is -2.34. The van der Waals surface area contributed by atoms with Crippen LogP contribution >= 0.6 is 0 Å². The van der Waals surface area contributed by atoms with Crippen molar-refractivity contribution in [3.05, 3.63) is 94.7 Å². The molecule has 0 spiro atoms. The van der Waals surface area contributed by atoms with Crippen LogP contribution in [-0.2, 0) is 23.2 Å². The first-order valence-corrected chi connectivity index (χ1v) is 18.3. The minimum atomic E-state index is -0.969. The Bertz CT molecular complexity index is 2290. The van der Waals surface area contributed by atoms with Gasteiger partial charge >= 0.3 is 0 Å². The van der Waals surface area contributed by atoms with Crippen molar-refractivity contribution in [3.63, 3.8) is 0 Å². The summed E-state index contributed by atoms with van der Waals surface area (Å²) in [4.78, 5) is 63.0. The molecule has 276 valence electrons. The molecule has 2 fully saturated rings. The fraction of sp³-hybridized carbons (Fsp3) is 0.325. The van der Waals surface area contributed by atoms with Gasteiger partial charge in [-0.2, -0.15) is 10.1 Å². The zero-order valence-electron chi connectivity index (χ0n) is 30.5. The van der Waals surface area contributed by atoms with E-state index >= 15 is 0 Å². The molecule has 5 aromatic rings. The lowest BCUT2D eigenvalue weighted by atomic mass is 9.96. The predicted octanol–water partition coefficient (Wildman–Crippen LogP) is 4.87. The van der Waals surface area contributed by atoms with E-state index < -0.39 is 23.8 Å². The van der Waals surface area contributed by atoms with E-state index in [2.05, 4.69) is 74.4 Å². The van der Waals surface area contributed by atoms with Crippen molar-refractivity contribution in [2.45, 2.75) is 52.1 Å². The average molecular weight is 727 g/mol. The van der Waals surface area contributed by atoms with E-state index in [0.717, 1.165) is 88.7 Å². The molecule has 4 N–H and O–H groups in total. The third-order valence-corrected chi connectivity index (χ3v) is 10.7. The van der Waals surface area contributed by atoms with Gasteiger partial charge in [0, 0.05) is 56.4 Å². The number of benzene rings is 3. The third kappa shape index (κ3) is 6.75. The molecule has 4 amide bonds. The summed E-state index contributed by atoms with van der Waals surface area (Å²) in [6, 6.07) is 18.8. The van der Waals surface area contributed by atoms with Gasteiger partial charge in [-0.3, -0.25) is 29.4 Å². The summed E-state index contributed by atoms with van der Waals surface area (Å²) in [5.41, 5.74) is 7.57. The highest BCUT2D eigenvalue weighted by Crippen LogP contribution is 2.33. The number of carbonyl (C=O) groups excluding carboxylic acids is 4. The molecule has 54 heavy (non-hydrogen) atoms. The molecule has 0 aliphatic carbocycles. The maximum absolute atomic E-state index is 13.3. The Morgan fingerprint density at radius 3 is 2.41 bits per heavy atom. The number of anilines is 5. The number of aryl methyl sites for hydroxylation is 3. The molecular weight excluding hydrogens is 685 g/mol. The molecule has 0 radical (unpaired) electrons. The number of imide groups is 2. The Kier molecular flexibility index (Phi) is 9.28. The van der Waals surface area contributed by atoms with Crippen molar-refractivity contribution in [2.75, 3.05) is 35.2 Å². The summed E-state index contributed by atoms with van der Waals surface area (Å²) in [6.45, 7) is 7.39. The molecule has 3 aromatic carbocycles. The van der Waals surface area contributed by atoms with Crippen molar-refractivity contribution in [1.82, 2.24) is 35.3 Å². The van der Waals surface area contributed by atoms with E-state index in [1.165, 1.54) is 0 Å². The van der Waals surface area contributed by atoms with Crippen molar-refractivity contribution in [3.8, 4) is 0 Å². The molecule has 14 heteroatoms. The van der Waals surface area contributed by atoms with Gasteiger partial charge in [-0.05, 0) is 92.6 Å². The Hall–Kier alpha value is -6.15. The second kappa shape index (κ2) is 14.3. The molecule has 3 aliphatic heterocycles. The number of nitrogens with zero attached hydrogens (tertiary/aromatic N) is 6. The van der Waals surface area contributed by atoms with E-state index in [4.69, 9.17) is 4.98 Å². The summed E-state index contributed by atoms with van der Waals surface area (Å²) in [6.07, 6.45) is 4.00. The minimum Gasteiger partial charge on any atom is -0.371 e. The molecule has 8 rings (SSSR count). The molecule has 2 aromatic heterocycles. The monoisotopic (exact) mass is 726 g/mol. The number of aromatic nitrogens is 4. The van der Waals surface area contributed by atoms with E-state index in [9.17, 15) is 19.2 Å². The van der Waals surface area contributed by atoms with Gasteiger partial charge in [0.1, 0.15) is 6.04 Å². The Morgan fingerprint density at radius 1 is 0.870 bits per heavy atom. The maximum atomic E-state index is 13.3. The normalized spacial score (nSPS) is 17.6. The highest BCUT2D eigenvalue weighted by molar-refractivity contribution is 6.23. The third-order valence-electron chi connectivity index (χ3n) is 10.7. The number of hydrogen-bond acceptors (Lipinski definition) is 11. The van der Waals surface area contributed by atoms with Gasteiger partial charge in [-0.15, -0.1) is 0 Å². The van der Waals surface area contributed by atoms with E-state index in [1.54, 1.807) is 23.0 Å². The predicted molar refractivity (Wildman–Crippen MR) is 205 cm³/mol. The van der Waals surface area contributed by atoms with E-state index in [-0.39, 0.29) is 18.7 Å². The lowest BCUT2D eigenvalue weighted by molar-refractivity contribution is -0.136. The van der Waals surface area contributed by atoms with Gasteiger partial charge in [0.15, 0.2) is 11.5 Å². The molecule has 0 bridgehead atoms. The van der Waals surface area contributed by atoms with Crippen molar-refractivity contribution in [1.29, 1.82) is 0 Å². The number of hydrogen-bond donors (Lipinski definition) is 4. The Labute approximate surface area is 312 Å². The average Bonchev–Trinajstić information content (AvgIpc) is 3.60. The van der Waals surface area contributed by atoms with Crippen LogP contribution in [0.2, 0.25) is 0 Å². The SMILES string of the molecule is Cc1cccc(C)c1Nc1nn(C)c2nc(Nc3cccc(CNCC4CCN(c5ccc6c(c5)C(=O)N(C5CCC(=O)NC5=O)C6=O)CC4)c3)ncc12. The molecule has 1 unspecified atom stereocenters. The standard InChI is InChI=1S/C40H42N10O4/c1-23-6-4-7-24(2)34(23)45-35-31-22-42-40(46-36(31)48(3)47-35)43-27-9-5-8-26(18-27)21-41-20-25-14-16-49(17-15-25)28-10-11-29-30(19-28)39(54)50(38(29)53)32-12-13-33(51)44-37(32)52/h4-11,18-19,22,25,32,41H,12-17,20-21H2,1-3H3,(H,45,47)(H,42,43,46)(H,44,51,52). The van der Waals surface area contributed by atoms with Crippen LogP contribution in [0, 0.1) is 19.8 Å². The lowest BCUT2D eigenvalue weighted by Crippen LogP contribution is -2.54. The second-order valence-corrected chi connectivity index (χ2v) is 14.4. The highest BCUT2D eigenvalue weighted by atomic mass is 16.2. The zero-order chi connectivity index (χ0) is 37.5. The number of fused-ring (bicyclic) bond motifs is 2. The summed E-state index contributed by atoms with van der Waals surface area (Å²) >= 11 is 0. The van der Waals surface area contributed by atoms with E-state index in [1.807, 2.05) is 31.3 Å². The van der Waals surface area contributed by atoms with Gasteiger partial charge in [-0.25, -0.2) is 9.67 Å².